The summed E-state index contributed by atoms with van der Waals surface area (Å²) in [5.41, 5.74) is -1.61. The van der Waals surface area contributed by atoms with Gasteiger partial charge in [0.05, 0.1) is 23.4 Å². The number of phenols is 1. The molecule has 0 radical (unpaired) electrons. The molecule has 0 spiro atoms. The van der Waals surface area contributed by atoms with E-state index >= 15 is 0 Å². The Balaban J connectivity index is 2.54. The first-order chi connectivity index (χ1) is 13.3. The zero-order valence-corrected chi connectivity index (χ0v) is 15.1. The summed E-state index contributed by atoms with van der Waals surface area (Å²) in [6.45, 7) is 3.23. The van der Waals surface area contributed by atoms with E-state index in [0.717, 1.165) is 0 Å². The van der Waals surface area contributed by atoms with Crippen molar-refractivity contribution in [2.45, 2.75) is 19.6 Å². The number of rotatable bonds is 4. The van der Waals surface area contributed by atoms with E-state index in [2.05, 4.69) is 5.32 Å². The molecule has 1 aromatic rings. The Labute approximate surface area is 161 Å². The van der Waals surface area contributed by atoms with Gasteiger partial charge < -0.3 is 20.3 Å². The van der Waals surface area contributed by atoms with Crippen LogP contribution in [0.1, 0.15) is 29.8 Å². The molecule has 1 aliphatic rings. The molecule has 8 heteroatoms. The first-order valence-electron chi connectivity index (χ1n) is 8.17. The average molecular weight is 376 g/mol. The standard InChI is InChI=1S/C20H16N4O4/c1-3-28-19(26)13-5-7-17(25)12(8-13)4-6-16-15(11-23)18(14(9-21)10-22)24-20(16,2)27/h4-8,24-25,27H,3H2,1-2H3/b6-4+. The van der Waals surface area contributed by atoms with Gasteiger partial charge in [-0.25, -0.2) is 4.79 Å². The molecule has 0 aromatic heterocycles. The van der Waals surface area contributed by atoms with Gasteiger partial charge in [-0.05, 0) is 32.0 Å². The van der Waals surface area contributed by atoms with Crippen LogP contribution in [0.15, 0.2) is 46.7 Å². The maximum atomic E-state index is 11.9. The van der Waals surface area contributed by atoms with Crippen molar-refractivity contribution in [3.63, 3.8) is 0 Å². The van der Waals surface area contributed by atoms with E-state index in [0.29, 0.717) is 0 Å². The van der Waals surface area contributed by atoms with Crippen molar-refractivity contribution in [2.75, 3.05) is 6.61 Å². The molecule has 0 saturated carbocycles. The van der Waals surface area contributed by atoms with Crippen molar-refractivity contribution in [3.8, 4) is 24.0 Å². The van der Waals surface area contributed by atoms with E-state index in [-0.39, 0.29) is 45.9 Å². The van der Waals surface area contributed by atoms with Crippen LogP contribution in [0.25, 0.3) is 6.08 Å². The third-order valence-electron chi connectivity index (χ3n) is 3.97. The number of carbonyl (C=O) groups is 1. The molecule has 1 atom stereocenters. The van der Waals surface area contributed by atoms with Crippen molar-refractivity contribution < 1.29 is 19.7 Å². The maximum Gasteiger partial charge on any atom is 0.338 e. The number of aromatic hydroxyl groups is 1. The predicted octanol–water partition coefficient (Wildman–Crippen LogP) is 2.02. The Bertz CT molecular complexity index is 1030. The minimum absolute atomic E-state index is 0.0679. The van der Waals surface area contributed by atoms with Gasteiger partial charge in [-0.15, -0.1) is 0 Å². The lowest BCUT2D eigenvalue weighted by atomic mass is 10.00. The number of carbonyl (C=O) groups excluding carboxylic acids is 1. The number of hydrogen-bond donors (Lipinski definition) is 3. The van der Waals surface area contributed by atoms with Crippen LogP contribution in [0, 0.1) is 34.0 Å². The number of nitrogens with zero attached hydrogens (tertiary/aromatic N) is 3. The molecule has 0 aliphatic carbocycles. The normalized spacial score (nSPS) is 18.2. The second-order valence-corrected chi connectivity index (χ2v) is 5.90. The van der Waals surface area contributed by atoms with Crippen molar-refractivity contribution >= 4 is 12.0 Å². The number of phenolic OH excluding ortho intramolecular Hbond substituents is 1. The van der Waals surface area contributed by atoms with Gasteiger partial charge in [0.25, 0.3) is 0 Å². The number of nitrogens with one attached hydrogen (secondary N) is 1. The molecule has 1 aliphatic heterocycles. The molecule has 1 unspecified atom stereocenters. The number of benzene rings is 1. The van der Waals surface area contributed by atoms with Crippen molar-refractivity contribution in [1.82, 2.24) is 5.32 Å². The van der Waals surface area contributed by atoms with Crippen LogP contribution in [0.2, 0.25) is 0 Å². The lowest BCUT2D eigenvalue weighted by Crippen LogP contribution is -2.38. The lowest BCUT2D eigenvalue weighted by molar-refractivity contribution is 0.0526. The fourth-order valence-corrected chi connectivity index (χ4v) is 2.64. The molecule has 3 N–H and O–H groups in total. The summed E-state index contributed by atoms with van der Waals surface area (Å²) >= 11 is 0. The van der Waals surface area contributed by atoms with Crippen LogP contribution < -0.4 is 5.32 Å². The summed E-state index contributed by atoms with van der Waals surface area (Å²) in [6, 6.07) is 9.36. The second-order valence-electron chi connectivity index (χ2n) is 5.90. The molecule has 28 heavy (non-hydrogen) atoms. The topological polar surface area (TPSA) is 150 Å². The number of hydrogen-bond acceptors (Lipinski definition) is 8. The van der Waals surface area contributed by atoms with Crippen LogP contribution in [0.5, 0.6) is 5.75 Å². The fourth-order valence-electron chi connectivity index (χ4n) is 2.64. The smallest absolute Gasteiger partial charge is 0.338 e. The lowest BCUT2D eigenvalue weighted by Gasteiger charge is -2.20. The van der Waals surface area contributed by atoms with Gasteiger partial charge >= 0.3 is 5.97 Å². The van der Waals surface area contributed by atoms with Crippen molar-refractivity contribution in [3.05, 3.63) is 57.8 Å². The summed E-state index contributed by atoms with van der Waals surface area (Å²) in [7, 11) is 0. The summed E-state index contributed by atoms with van der Waals surface area (Å²) in [4.78, 5) is 11.9. The van der Waals surface area contributed by atoms with Gasteiger partial charge in [0.15, 0.2) is 11.3 Å². The summed E-state index contributed by atoms with van der Waals surface area (Å²) < 4.78 is 4.92. The number of esters is 1. The Kier molecular flexibility index (Phi) is 5.85. The molecule has 0 saturated heterocycles. The van der Waals surface area contributed by atoms with Crippen molar-refractivity contribution in [2.24, 2.45) is 0 Å². The number of aliphatic hydroxyl groups is 1. The predicted molar refractivity (Wildman–Crippen MR) is 97.7 cm³/mol. The van der Waals surface area contributed by atoms with E-state index in [4.69, 9.17) is 15.3 Å². The molecule has 8 nitrogen and oxygen atoms in total. The van der Waals surface area contributed by atoms with E-state index in [1.807, 2.05) is 6.07 Å². The minimum Gasteiger partial charge on any atom is -0.507 e. The van der Waals surface area contributed by atoms with Crippen molar-refractivity contribution in [1.29, 1.82) is 15.8 Å². The number of nitriles is 3. The molecule has 1 heterocycles. The van der Waals surface area contributed by atoms with E-state index < -0.39 is 11.7 Å². The van der Waals surface area contributed by atoms with Crippen LogP contribution in [0.4, 0.5) is 0 Å². The Morgan fingerprint density at radius 1 is 1.29 bits per heavy atom. The first-order valence-corrected chi connectivity index (χ1v) is 8.17. The largest absolute Gasteiger partial charge is 0.507 e. The average Bonchev–Trinajstić information content (AvgIpc) is 2.92. The number of allylic oxidation sites excluding steroid dienone is 2. The van der Waals surface area contributed by atoms with Crippen LogP contribution in [-0.4, -0.2) is 28.5 Å². The van der Waals surface area contributed by atoms with Gasteiger partial charge in [0.2, 0.25) is 0 Å². The highest BCUT2D eigenvalue weighted by molar-refractivity contribution is 5.90. The summed E-state index contributed by atoms with van der Waals surface area (Å²) in [5, 5.41) is 50.7. The second kappa shape index (κ2) is 8.09. The molecule has 0 bridgehead atoms. The fraction of sp³-hybridized carbons (Fsp3) is 0.200. The first kappa shape index (κ1) is 20.3. The zero-order valence-electron chi connectivity index (χ0n) is 15.1. The minimum atomic E-state index is -1.72. The van der Waals surface area contributed by atoms with E-state index in [1.54, 1.807) is 19.1 Å². The molecule has 2 rings (SSSR count). The van der Waals surface area contributed by atoms with Crippen LogP contribution >= 0.6 is 0 Å². The van der Waals surface area contributed by atoms with Gasteiger partial charge in [-0.1, -0.05) is 12.2 Å². The third-order valence-corrected chi connectivity index (χ3v) is 3.97. The van der Waals surface area contributed by atoms with Gasteiger partial charge in [-0.2, -0.15) is 15.8 Å². The monoisotopic (exact) mass is 376 g/mol. The van der Waals surface area contributed by atoms with Crippen LogP contribution in [-0.2, 0) is 4.74 Å². The highest BCUT2D eigenvalue weighted by atomic mass is 16.5. The SMILES string of the molecule is CCOC(=O)c1ccc(O)c(/C=C/C2=C(C#N)C(=C(C#N)C#N)NC2(C)O)c1. The molecule has 0 amide bonds. The third kappa shape index (κ3) is 3.86. The molecule has 1 aromatic carbocycles. The number of ether oxygens (including phenoxy) is 1. The Morgan fingerprint density at radius 3 is 2.54 bits per heavy atom. The quantitative estimate of drug-likeness (QED) is 0.533. The highest BCUT2D eigenvalue weighted by Crippen LogP contribution is 2.34. The highest BCUT2D eigenvalue weighted by Gasteiger charge is 2.38. The molecular weight excluding hydrogens is 360 g/mol. The van der Waals surface area contributed by atoms with Gasteiger partial charge in [-0.3, -0.25) is 0 Å². The Morgan fingerprint density at radius 2 is 1.96 bits per heavy atom. The molecule has 140 valence electrons. The maximum absolute atomic E-state index is 11.9. The Hall–Kier alpha value is -4.06. The summed E-state index contributed by atoms with van der Waals surface area (Å²) in [6.07, 6.45) is 2.77. The molecular formula is C20H16N4O4. The zero-order chi connectivity index (χ0) is 20.9. The van der Waals surface area contributed by atoms with E-state index in [1.165, 1.54) is 37.3 Å². The summed E-state index contributed by atoms with van der Waals surface area (Å²) in [5.74, 6) is -0.680. The van der Waals surface area contributed by atoms with Crippen LogP contribution in [0.3, 0.4) is 0 Å². The van der Waals surface area contributed by atoms with Gasteiger partial charge in [0.1, 0.15) is 24.0 Å². The van der Waals surface area contributed by atoms with E-state index in [9.17, 15) is 20.3 Å². The molecule has 0 fully saturated rings. The van der Waals surface area contributed by atoms with Gasteiger partial charge in [0, 0.05) is 11.1 Å².